The Morgan fingerprint density at radius 2 is 1.86 bits per heavy atom. The van der Waals surface area contributed by atoms with Gasteiger partial charge in [-0.05, 0) is 36.1 Å². The number of carbonyl (C=O) groups excluding carboxylic acids is 2. The molecule has 0 saturated carbocycles. The number of aldehydes is 2. The average Bonchev–Trinajstić information content (AvgIpc) is 2.59. The summed E-state index contributed by atoms with van der Waals surface area (Å²) >= 11 is 0. The fraction of sp³-hybridized carbons (Fsp3) is 0.211. The van der Waals surface area contributed by atoms with E-state index in [1.807, 2.05) is 18.2 Å². The fourth-order valence-corrected chi connectivity index (χ4v) is 2.44. The van der Waals surface area contributed by atoms with Crippen LogP contribution in [-0.2, 0) is 6.42 Å². The number of nitriles is 1. The predicted octanol–water partition coefficient (Wildman–Crippen LogP) is 4.19. The van der Waals surface area contributed by atoms with Crippen molar-refractivity contribution >= 4 is 12.6 Å². The van der Waals surface area contributed by atoms with Crippen molar-refractivity contribution in [2.24, 2.45) is 0 Å². The van der Waals surface area contributed by atoms with Crippen LogP contribution in [0.15, 0.2) is 36.4 Å². The van der Waals surface area contributed by atoms with E-state index in [1.54, 1.807) is 18.2 Å². The van der Waals surface area contributed by atoms with Crippen LogP contribution in [0.1, 0.15) is 51.6 Å². The van der Waals surface area contributed by atoms with Gasteiger partial charge in [0.1, 0.15) is 6.29 Å². The number of benzene rings is 2. The normalized spacial score (nSPS) is 10.0. The monoisotopic (exact) mass is 291 g/mol. The van der Waals surface area contributed by atoms with E-state index in [1.165, 1.54) is 0 Å². The minimum absolute atomic E-state index is 0.475. The minimum Gasteiger partial charge on any atom is -0.298 e. The highest BCUT2D eigenvalue weighted by Gasteiger charge is 2.11. The molecule has 0 unspecified atom stereocenters. The molecule has 0 aliphatic rings. The summed E-state index contributed by atoms with van der Waals surface area (Å²) < 4.78 is 0. The molecule has 3 nitrogen and oxygen atoms in total. The largest absolute Gasteiger partial charge is 0.298 e. The molecule has 22 heavy (non-hydrogen) atoms. The summed E-state index contributed by atoms with van der Waals surface area (Å²) in [7, 11) is 0. The molecule has 2 aromatic rings. The zero-order chi connectivity index (χ0) is 15.9. The number of nitrogens with zero attached hydrogens (tertiary/aromatic N) is 1. The van der Waals surface area contributed by atoms with E-state index >= 15 is 0 Å². The molecule has 0 aliphatic heterocycles. The molecule has 0 saturated heterocycles. The van der Waals surface area contributed by atoms with Crippen LogP contribution in [0.5, 0.6) is 0 Å². The summed E-state index contributed by atoms with van der Waals surface area (Å²) in [6.07, 6.45) is 4.58. The lowest BCUT2D eigenvalue weighted by atomic mass is 9.92. The molecule has 3 heteroatoms. The number of aryl methyl sites for hydroxylation is 1. The average molecular weight is 291 g/mol. The van der Waals surface area contributed by atoms with Gasteiger partial charge in [-0.1, -0.05) is 37.6 Å². The van der Waals surface area contributed by atoms with Crippen LogP contribution in [-0.4, -0.2) is 12.6 Å². The third-order valence-electron chi connectivity index (χ3n) is 3.65. The van der Waals surface area contributed by atoms with Gasteiger partial charge in [0.15, 0.2) is 6.29 Å². The molecule has 0 amide bonds. The zero-order valence-electron chi connectivity index (χ0n) is 12.5. The Morgan fingerprint density at radius 1 is 1.05 bits per heavy atom. The van der Waals surface area contributed by atoms with E-state index in [-0.39, 0.29) is 0 Å². The van der Waals surface area contributed by atoms with Gasteiger partial charge in [-0.15, -0.1) is 0 Å². The number of unbranched alkanes of at least 4 members (excludes halogenated alkanes) is 1. The quantitative estimate of drug-likeness (QED) is 0.750. The first-order chi connectivity index (χ1) is 10.7. The lowest BCUT2D eigenvalue weighted by Crippen LogP contribution is -1.95. The SMILES string of the molecule is CCCCc1ccc(-c2cc(C=O)ccc2C=O)c(C#N)c1. The Hall–Kier alpha value is -2.73. The smallest absolute Gasteiger partial charge is 0.150 e. The van der Waals surface area contributed by atoms with Gasteiger partial charge < -0.3 is 0 Å². The van der Waals surface area contributed by atoms with Gasteiger partial charge in [0.05, 0.1) is 11.6 Å². The van der Waals surface area contributed by atoms with Crippen LogP contribution in [0, 0.1) is 11.3 Å². The second kappa shape index (κ2) is 7.33. The summed E-state index contributed by atoms with van der Waals surface area (Å²) in [5.41, 5.74) is 3.91. The molecule has 0 aromatic heterocycles. The number of hydrogen-bond donors (Lipinski definition) is 0. The molecule has 0 aliphatic carbocycles. The molecule has 0 spiro atoms. The van der Waals surface area contributed by atoms with Crippen molar-refractivity contribution in [1.82, 2.24) is 0 Å². The molecule has 0 N–H and O–H groups in total. The molecular weight excluding hydrogens is 274 g/mol. The summed E-state index contributed by atoms with van der Waals surface area (Å²) in [5.74, 6) is 0. The first-order valence-corrected chi connectivity index (χ1v) is 7.31. The van der Waals surface area contributed by atoms with Crippen molar-refractivity contribution in [2.75, 3.05) is 0 Å². The summed E-state index contributed by atoms with van der Waals surface area (Å²) in [5, 5.41) is 9.41. The molecule has 0 fully saturated rings. The topological polar surface area (TPSA) is 57.9 Å². The van der Waals surface area contributed by atoms with E-state index < -0.39 is 0 Å². The van der Waals surface area contributed by atoms with Gasteiger partial charge in [0, 0.05) is 16.7 Å². The molecular formula is C19H17NO2. The number of rotatable bonds is 6. The Morgan fingerprint density at radius 3 is 2.50 bits per heavy atom. The molecule has 0 atom stereocenters. The maximum absolute atomic E-state index is 11.2. The molecule has 0 bridgehead atoms. The van der Waals surface area contributed by atoms with Gasteiger partial charge in [0.2, 0.25) is 0 Å². The summed E-state index contributed by atoms with van der Waals surface area (Å²) in [6.45, 7) is 2.13. The number of carbonyl (C=O) groups is 2. The maximum atomic E-state index is 11.2. The van der Waals surface area contributed by atoms with E-state index in [0.29, 0.717) is 27.8 Å². The van der Waals surface area contributed by atoms with Gasteiger partial charge in [-0.25, -0.2) is 0 Å². The van der Waals surface area contributed by atoms with Crippen molar-refractivity contribution in [3.63, 3.8) is 0 Å². The molecule has 2 rings (SSSR count). The minimum atomic E-state index is 0.475. The lowest BCUT2D eigenvalue weighted by Gasteiger charge is -2.10. The summed E-state index contributed by atoms with van der Waals surface area (Å²) in [4.78, 5) is 22.2. The van der Waals surface area contributed by atoms with Crippen LogP contribution in [0.2, 0.25) is 0 Å². The second-order valence-corrected chi connectivity index (χ2v) is 5.18. The summed E-state index contributed by atoms with van der Waals surface area (Å²) in [6, 6.07) is 12.8. The first-order valence-electron chi connectivity index (χ1n) is 7.31. The van der Waals surface area contributed by atoms with E-state index in [9.17, 15) is 14.9 Å². The molecule has 0 radical (unpaired) electrons. The highest BCUT2D eigenvalue weighted by atomic mass is 16.1. The Balaban J connectivity index is 2.55. The highest BCUT2D eigenvalue weighted by molar-refractivity contribution is 5.92. The molecule has 0 heterocycles. The van der Waals surface area contributed by atoms with Crippen molar-refractivity contribution in [3.8, 4) is 17.2 Å². The second-order valence-electron chi connectivity index (χ2n) is 5.18. The molecule has 2 aromatic carbocycles. The van der Waals surface area contributed by atoms with Gasteiger partial charge in [-0.3, -0.25) is 9.59 Å². The van der Waals surface area contributed by atoms with Gasteiger partial charge in [0.25, 0.3) is 0 Å². The van der Waals surface area contributed by atoms with E-state index in [2.05, 4.69) is 13.0 Å². The third kappa shape index (κ3) is 3.29. The van der Waals surface area contributed by atoms with Crippen LogP contribution >= 0.6 is 0 Å². The Bertz CT molecular complexity index is 742. The third-order valence-corrected chi connectivity index (χ3v) is 3.65. The van der Waals surface area contributed by atoms with E-state index in [0.717, 1.165) is 37.4 Å². The van der Waals surface area contributed by atoms with Crippen LogP contribution < -0.4 is 0 Å². The predicted molar refractivity (Wildman–Crippen MR) is 86.0 cm³/mol. The van der Waals surface area contributed by atoms with Crippen molar-refractivity contribution < 1.29 is 9.59 Å². The maximum Gasteiger partial charge on any atom is 0.150 e. The first kappa shape index (κ1) is 15.7. The molecule has 110 valence electrons. The van der Waals surface area contributed by atoms with Crippen molar-refractivity contribution in [1.29, 1.82) is 5.26 Å². The lowest BCUT2D eigenvalue weighted by molar-refractivity contribution is 0.111. The van der Waals surface area contributed by atoms with Gasteiger partial charge >= 0.3 is 0 Å². The highest BCUT2D eigenvalue weighted by Crippen LogP contribution is 2.28. The van der Waals surface area contributed by atoms with Gasteiger partial charge in [-0.2, -0.15) is 5.26 Å². The van der Waals surface area contributed by atoms with Crippen molar-refractivity contribution in [2.45, 2.75) is 26.2 Å². The fourth-order valence-electron chi connectivity index (χ4n) is 2.44. The number of hydrogen-bond acceptors (Lipinski definition) is 3. The van der Waals surface area contributed by atoms with E-state index in [4.69, 9.17) is 0 Å². The van der Waals surface area contributed by atoms with Crippen molar-refractivity contribution in [3.05, 3.63) is 58.7 Å². The Labute approximate surface area is 130 Å². The zero-order valence-corrected chi connectivity index (χ0v) is 12.5. The Kier molecular flexibility index (Phi) is 5.21. The van der Waals surface area contributed by atoms with Crippen LogP contribution in [0.3, 0.4) is 0 Å². The standard InChI is InChI=1S/C19H17NO2/c1-2-3-4-14-6-8-18(17(9-14)11-20)19-10-15(12-21)5-7-16(19)13-22/h5-10,12-13H,2-4H2,1H3. The van der Waals surface area contributed by atoms with Crippen LogP contribution in [0.25, 0.3) is 11.1 Å². The van der Waals surface area contributed by atoms with Crippen LogP contribution in [0.4, 0.5) is 0 Å².